The zero-order valence-corrected chi connectivity index (χ0v) is 8.97. The van der Waals surface area contributed by atoms with Crippen LogP contribution in [0, 0.1) is 5.41 Å². The van der Waals surface area contributed by atoms with Gasteiger partial charge in [-0.1, -0.05) is 19.8 Å². The van der Waals surface area contributed by atoms with Gasteiger partial charge in [0.15, 0.2) is 0 Å². The summed E-state index contributed by atoms with van der Waals surface area (Å²) in [7, 11) is 2.29. The van der Waals surface area contributed by atoms with Crippen molar-refractivity contribution in [3.05, 3.63) is 0 Å². The van der Waals surface area contributed by atoms with Crippen LogP contribution >= 0.6 is 0 Å². The molecule has 2 heteroatoms. The molecule has 0 amide bonds. The quantitative estimate of drug-likeness (QED) is 0.711. The smallest absolute Gasteiger partial charge is 0.0342 e. The second kappa shape index (κ2) is 3.58. The number of hydrogen-bond acceptors (Lipinski definition) is 2. The summed E-state index contributed by atoms with van der Waals surface area (Å²) < 4.78 is 0. The second-order valence-electron chi connectivity index (χ2n) is 5.24. The van der Waals surface area contributed by atoms with Crippen LogP contribution in [-0.2, 0) is 0 Å². The maximum Gasteiger partial charge on any atom is 0.0342 e. The molecule has 0 aromatic rings. The highest BCUT2D eigenvalue weighted by Gasteiger charge is 2.32. The lowest BCUT2D eigenvalue weighted by Crippen LogP contribution is -2.57. The molecule has 2 nitrogen and oxygen atoms in total. The van der Waals surface area contributed by atoms with Crippen molar-refractivity contribution in [3.63, 3.8) is 0 Å². The maximum atomic E-state index is 3.34. The fourth-order valence-electron chi connectivity index (χ4n) is 2.70. The highest BCUT2D eigenvalue weighted by atomic mass is 15.2. The Hall–Kier alpha value is -0.0800. The topological polar surface area (TPSA) is 15.3 Å². The van der Waals surface area contributed by atoms with Crippen LogP contribution in [0.4, 0.5) is 0 Å². The molecule has 0 radical (unpaired) electrons. The van der Waals surface area contributed by atoms with Gasteiger partial charge in [-0.3, -0.25) is 0 Å². The molecule has 0 unspecified atom stereocenters. The Kier molecular flexibility index (Phi) is 2.61. The summed E-state index contributed by atoms with van der Waals surface area (Å²) in [6.07, 6.45) is 5.79. The van der Waals surface area contributed by atoms with Crippen molar-refractivity contribution in [2.75, 3.05) is 26.7 Å². The normalized spacial score (nSPS) is 27.9. The van der Waals surface area contributed by atoms with Gasteiger partial charge in [0, 0.05) is 25.7 Å². The average Bonchev–Trinajstić information content (AvgIpc) is 2.31. The third-order valence-corrected chi connectivity index (χ3v) is 3.83. The second-order valence-corrected chi connectivity index (χ2v) is 5.24. The molecule has 1 aliphatic carbocycles. The Morgan fingerprint density at radius 3 is 2.38 bits per heavy atom. The van der Waals surface area contributed by atoms with Gasteiger partial charge in [0.2, 0.25) is 0 Å². The lowest BCUT2D eigenvalue weighted by molar-refractivity contribution is 0.118. The summed E-state index contributed by atoms with van der Waals surface area (Å²) in [6, 6.07) is 0.817. The average molecular weight is 182 g/mol. The molecule has 76 valence electrons. The minimum atomic E-state index is 0.629. The van der Waals surface area contributed by atoms with Crippen LogP contribution in [-0.4, -0.2) is 37.6 Å². The van der Waals surface area contributed by atoms with Gasteiger partial charge in [0.1, 0.15) is 0 Å². The molecule has 1 heterocycles. The predicted octanol–water partition coefficient (Wildman–Crippen LogP) is 1.47. The first-order valence-corrected chi connectivity index (χ1v) is 5.61. The summed E-state index contributed by atoms with van der Waals surface area (Å²) in [6.45, 7) is 6.17. The minimum Gasteiger partial charge on any atom is -0.314 e. The number of hydrogen-bond donors (Lipinski definition) is 1. The monoisotopic (exact) mass is 182 g/mol. The maximum absolute atomic E-state index is 3.34. The summed E-state index contributed by atoms with van der Waals surface area (Å²) in [5.74, 6) is 0. The van der Waals surface area contributed by atoms with Crippen molar-refractivity contribution in [2.45, 2.75) is 38.6 Å². The van der Waals surface area contributed by atoms with Gasteiger partial charge in [0.05, 0.1) is 0 Å². The van der Waals surface area contributed by atoms with E-state index in [1.54, 1.807) is 0 Å². The van der Waals surface area contributed by atoms with Gasteiger partial charge in [0.25, 0.3) is 0 Å². The van der Waals surface area contributed by atoms with Crippen LogP contribution in [0.5, 0.6) is 0 Å². The molecule has 13 heavy (non-hydrogen) atoms. The lowest BCUT2D eigenvalue weighted by atomic mass is 9.87. The molecule has 1 saturated heterocycles. The molecule has 0 aromatic carbocycles. The Morgan fingerprint density at radius 2 is 1.92 bits per heavy atom. The molecule has 0 bridgehead atoms. The molecule has 2 fully saturated rings. The highest BCUT2D eigenvalue weighted by Crippen LogP contribution is 2.38. The van der Waals surface area contributed by atoms with E-state index in [4.69, 9.17) is 0 Å². The number of likely N-dealkylation sites (N-methyl/N-ethyl adjacent to an activating group) is 1. The summed E-state index contributed by atoms with van der Waals surface area (Å²) in [5.41, 5.74) is 0.629. The third kappa shape index (κ3) is 2.05. The molecule has 0 aromatic heterocycles. The molecule has 1 saturated carbocycles. The summed E-state index contributed by atoms with van der Waals surface area (Å²) >= 11 is 0. The van der Waals surface area contributed by atoms with Crippen LogP contribution < -0.4 is 5.32 Å². The first-order valence-electron chi connectivity index (χ1n) is 5.61. The Bertz CT molecular complexity index is 169. The van der Waals surface area contributed by atoms with Gasteiger partial charge in [-0.15, -0.1) is 0 Å². The molecule has 0 atom stereocenters. The van der Waals surface area contributed by atoms with Crippen molar-refractivity contribution in [3.8, 4) is 0 Å². The van der Waals surface area contributed by atoms with E-state index in [2.05, 4.69) is 24.2 Å². The Labute approximate surface area is 81.7 Å². The van der Waals surface area contributed by atoms with Crippen LogP contribution in [0.1, 0.15) is 32.6 Å². The number of rotatable bonds is 3. The van der Waals surface area contributed by atoms with E-state index < -0.39 is 0 Å². The summed E-state index contributed by atoms with van der Waals surface area (Å²) in [4.78, 5) is 2.56. The fraction of sp³-hybridized carbons (Fsp3) is 1.00. The van der Waals surface area contributed by atoms with E-state index in [1.165, 1.54) is 45.3 Å². The zero-order valence-electron chi connectivity index (χ0n) is 8.97. The van der Waals surface area contributed by atoms with Crippen molar-refractivity contribution in [2.24, 2.45) is 5.41 Å². The molecular weight excluding hydrogens is 160 g/mol. The Balaban J connectivity index is 1.81. The van der Waals surface area contributed by atoms with Gasteiger partial charge < -0.3 is 10.2 Å². The van der Waals surface area contributed by atoms with E-state index in [9.17, 15) is 0 Å². The Morgan fingerprint density at radius 1 is 1.31 bits per heavy atom. The van der Waals surface area contributed by atoms with Gasteiger partial charge in [-0.05, 0) is 25.3 Å². The molecule has 2 aliphatic rings. The van der Waals surface area contributed by atoms with Crippen LogP contribution in [0.15, 0.2) is 0 Å². The lowest BCUT2D eigenvalue weighted by Gasteiger charge is -2.40. The number of nitrogens with one attached hydrogen (secondary N) is 1. The van der Waals surface area contributed by atoms with Crippen molar-refractivity contribution in [1.82, 2.24) is 10.2 Å². The van der Waals surface area contributed by atoms with E-state index in [1.807, 2.05) is 0 Å². The van der Waals surface area contributed by atoms with E-state index in [-0.39, 0.29) is 0 Å². The van der Waals surface area contributed by atoms with E-state index in [0.717, 1.165) is 6.04 Å². The van der Waals surface area contributed by atoms with Crippen molar-refractivity contribution >= 4 is 0 Å². The molecule has 0 spiro atoms. The zero-order chi connectivity index (χ0) is 9.31. The van der Waals surface area contributed by atoms with Gasteiger partial charge in [-0.2, -0.15) is 0 Å². The van der Waals surface area contributed by atoms with Gasteiger partial charge >= 0.3 is 0 Å². The summed E-state index contributed by atoms with van der Waals surface area (Å²) in [5, 5.41) is 3.34. The third-order valence-electron chi connectivity index (χ3n) is 3.83. The van der Waals surface area contributed by atoms with Crippen LogP contribution in [0.25, 0.3) is 0 Å². The molecule has 2 rings (SSSR count). The highest BCUT2D eigenvalue weighted by molar-refractivity contribution is 4.88. The minimum absolute atomic E-state index is 0.629. The largest absolute Gasteiger partial charge is 0.314 e. The first-order chi connectivity index (χ1) is 6.20. The molecule has 1 N–H and O–H groups in total. The molecular formula is C11H22N2. The van der Waals surface area contributed by atoms with Crippen molar-refractivity contribution in [1.29, 1.82) is 0 Å². The van der Waals surface area contributed by atoms with Crippen LogP contribution in [0.2, 0.25) is 0 Å². The number of nitrogens with zero attached hydrogens (tertiary/aromatic N) is 1. The fourth-order valence-corrected chi connectivity index (χ4v) is 2.70. The van der Waals surface area contributed by atoms with Crippen molar-refractivity contribution < 1.29 is 0 Å². The molecule has 1 aliphatic heterocycles. The first kappa shape index (κ1) is 9.47. The van der Waals surface area contributed by atoms with Crippen LogP contribution in [0.3, 0.4) is 0 Å². The van der Waals surface area contributed by atoms with Gasteiger partial charge in [-0.25, -0.2) is 0 Å². The SMILES string of the molecule is CN(CC1(C)CCCC1)C1CNC1. The van der Waals surface area contributed by atoms with E-state index in [0.29, 0.717) is 5.41 Å². The van der Waals surface area contributed by atoms with E-state index >= 15 is 0 Å². The predicted molar refractivity (Wildman–Crippen MR) is 55.9 cm³/mol. The standard InChI is InChI=1S/C11H22N2/c1-11(5-3-4-6-11)9-13(2)10-7-12-8-10/h10,12H,3-9H2,1-2H3.